The molecular formula is C19H17FN2O. The standard InChI is InChI=1S/C19H17FN2O/c20-15-8-6-13(7-9-15)14-10-11-22-18(12-14)21-17-5-3-1-2-4-16(17)19(22)23/h6-12H,1-5H2. The van der Waals surface area contributed by atoms with E-state index in [0.29, 0.717) is 5.65 Å². The van der Waals surface area contributed by atoms with Crippen molar-refractivity contribution in [2.24, 2.45) is 0 Å². The number of pyridine rings is 1. The van der Waals surface area contributed by atoms with Crippen LogP contribution >= 0.6 is 0 Å². The molecule has 3 nitrogen and oxygen atoms in total. The van der Waals surface area contributed by atoms with Gasteiger partial charge in [0.2, 0.25) is 0 Å². The first-order valence-electron chi connectivity index (χ1n) is 8.02. The molecule has 0 saturated carbocycles. The maximum Gasteiger partial charge on any atom is 0.261 e. The van der Waals surface area contributed by atoms with E-state index in [2.05, 4.69) is 0 Å². The Morgan fingerprint density at radius 1 is 0.957 bits per heavy atom. The second-order valence-corrected chi connectivity index (χ2v) is 6.05. The van der Waals surface area contributed by atoms with E-state index < -0.39 is 0 Å². The molecule has 116 valence electrons. The fraction of sp³-hybridized carbons (Fsp3) is 0.263. The van der Waals surface area contributed by atoms with E-state index in [4.69, 9.17) is 4.98 Å². The molecule has 0 aliphatic heterocycles. The van der Waals surface area contributed by atoms with Crippen LogP contribution in [0, 0.1) is 5.82 Å². The number of rotatable bonds is 1. The molecule has 0 atom stereocenters. The van der Waals surface area contributed by atoms with E-state index in [0.717, 1.165) is 54.5 Å². The highest BCUT2D eigenvalue weighted by Gasteiger charge is 2.15. The number of nitrogens with zero attached hydrogens (tertiary/aromatic N) is 2. The van der Waals surface area contributed by atoms with Gasteiger partial charge in [0.05, 0.1) is 5.69 Å². The van der Waals surface area contributed by atoms with Crippen molar-refractivity contribution in [3.63, 3.8) is 0 Å². The summed E-state index contributed by atoms with van der Waals surface area (Å²) in [6, 6.07) is 10.1. The lowest BCUT2D eigenvalue weighted by Crippen LogP contribution is -2.22. The zero-order valence-electron chi connectivity index (χ0n) is 12.8. The first-order valence-corrected chi connectivity index (χ1v) is 8.02. The SMILES string of the molecule is O=c1c2c(nc3cc(-c4ccc(F)cc4)ccn13)CCCCC2. The van der Waals surface area contributed by atoms with Crippen LogP contribution in [0.1, 0.15) is 30.5 Å². The summed E-state index contributed by atoms with van der Waals surface area (Å²) in [7, 11) is 0. The van der Waals surface area contributed by atoms with E-state index in [1.807, 2.05) is 12.1 Å². The number of aryl methyl sites for hydroxylation is 1. The largest absolute Gasteiger partial charge is 0.269 e. The van der Waals surface area contributed by atoms with Crippen LogP contribution in [0.5, 0.6) is 0 Å². The Morgan fingerprint density at radius 3 is 2.57 bits per heavy atom. The maximum atomic E-state index is 13.1. The molecular weight excluding hydrogens is 291 g/mol. The molecule has 23 heavy (non-hydrogen) atoms. The Morgan fingerprint density at radius 2 is 1.74 bits per heavy atom. The van der Waals surface area contributed by atoms with Crippen LogP contribution in [-0.2, 0) is 12.8 Å². The molecule has 4 rings (SSSR count). The third kappa shape index (κ3) is 2.54. The molecule has 0 N–H and O–H groups in total. The minimum absolute atomic E-state index is 0.0533. The molecule has 0 bridgehead atoms. The highest BCUT2D eigenvalue weighted by atomic mass is 19.1. The Hall–Kier alpha value is -2.49. The van der Waals surface area contributed by atoms with Crippen LogP contribution in [0.4, 0.5) is 4.39 Å². The van der Waals surface area contributed by atoms with Crippen LogP contribution < -0.4 is 5.56 Å². The molecule has 0 fully saturated rings. The molecule has 0 spiro atoms. The topological polar surface area (TPSA) is 34.4 Å². The predicted molar refractivity (Wildman–Crippen MR) is 88.1 cm³/mol. The summed E-state index contributed by atoms with van der Waals surface area (Å²) >= 11 is 0. The smallest absolute Gasteiger partial charge is 0.261 e. The van der Waals surface area contributed by atoms with Crippen molar-refractivity contribution in [1.82, 2.24) is 9.38 Å². The van der Waals surface area contributed by atoms with Gasteiger partial charge in [-0.3, -0.25) is 9.20 Å². The van der Waals surface area contributed by atoms with Gasteiger partial charge in [-0.25, -0.2) is 9.37 Å². The molecule has 1 aliphatic rings. The molecule has 0 radical (unpaired) electrons. The Labute approximate surface area is 133 Å². The summed E-state index contributed by atoms with van der Waals surface area (Å²) in [6.07, 6.45) is 6.77. The van der Waals surface area contributed by atoms with Crippen LogP contribution in [0.3, 0.4) is 0 Å². The Kier molecular flexibility index (Phi) is 3.45. The second-order valence-electron chi connectivity index (χ2n) is 6.05. The number of benzene rings is 1. The summed E-state index contributed by atoms with van der Waals surface area (Å²) in [5.41, 5.74) is 4.39. The molecule has 3 aromatic rings. The lowest BCUT2D eigenvalue weighted by atomic mass is 10.1. The lowest BCUT2D eigenvalue weighted by molar-refractivity contribution is 0.628. The minimum Gasteiger partial charge on any atom is -0.269 e. The second kappa shape index (κ2) is 5.61. The summed E-state index contributed by atoms with van der Waals surface area (Å²) in [5, 5.41) is 0. The maximum absolute atomic E-state index is 13.1. The van der Waals surface area contributed by atoms with Gasteiger partial charge in [0.1, 0.15) is 11.5 Å². The first-order chi connectivity index (χ1) is 11.2. The van der Waals surface area contributed by atoms with Gasteiger partial charge in [0, 0.05) is 11.8 Å². The molecule has 1 aromatic carbocycles. The van der Waals surface area contributed by atoms with Gasteiger partial charge in [-0.05, 0) is 61.1 Å². The van der Waals surface area contributed by atoms with E-state index in [-0.39, 0.29) is 11.4 Å². The highest BCUT2D eigenvalue weighted by molar-refractivity contribution is 5.67. The third-order valence-electron chi connectivity index (χ3n) is 4.53. The van der Waals surface area contributed by atoms with Crippen molar-refractivity contribution in [3.8, 4) is 11.1 Å². The van der Waals surface area contributed by atoms with Gasteiger partial charge >= 0.3 is 0 Å². The van der Waals surface area contributed by atoms with Crippen LogP contribution in [0.15, 0.2) is 47.4 Å². The Bertz CT molecular complexity index is 928. The summed E-state index contributed by atoms with van der Waals surface area (Å²) in [6.45, 7) is 0. The fourth-order valence-corrected chi connectivity index (χ4v) is 3.27. The van der Waals surface area contributed by atoms with Crippen molar-refractivity contribution in [1.29, 1.82) is 0 Å². The molecule has 4 heteroatoms. The molecule has 0 amide bonds. The average Bonchev–Trinajstić information content (AvgIpc) is 2.81. The van der Waals surface area contributed by atoms with E-state index >= 15 is 0 Å². The van der Waals surface area contributed by atoms with E-state index in [1.165, 1.54) is 12.1 Å². The quantitative estimate of drug-likeness (QED) is 0.641. The predicted octanol–water partition coefficient (Wildman–Crippen LogP) is 3.77. The summed E-state index contributed by atoms with van der Waals surface area (Å²) in [5.74, 6) is -0.255. The number of hydrogen-bond acceptors (Lipinski definition) is 2. The van der Waals surface area contributed by atoms with Crippen molar-refractivity contribution in [2.45, 2.75) is 32.1 Å². The molecule has 0 unspecified atom stereocenters. The lowest BCUT2D eigenvalue weighted by Gasteiger charge is -2.09. The van der Waals surface area contributed by atoms with Gasteiger partial charge in [-0.2, -0.15) is 0 Å². The summed E-state index contributed by atoms with van der Waals surface area (Å²) < 4.78 is 14.7. The van der Waals surface area contributed by atoms with Crippen molar-refractivity contribution >= 4 is 5.65 Å². The van der Waals surface area contributed by atoms with Gasteiger partial charge in [-0.15, -0.1) is 0 Å². The highest BCUT2D eigenvalue weighted by Crippen LogP contribution is 2.22. The zero-order valence-corrected chi connectivity index (χ0v) is 12.8. The van der Waals surface area contributed by atoms with E-state index in [9.17, 15) is 9.18 Å². The normalized spacial score (nSPS) is 14.5. The van der Waals surface area contributed by atoms with Crippen molar-refractivity contribution in [2.75, 3.05) is 0 Å². The molecule has 1 aliphatic carbocycles. The van der Waals surface area contributed by atoms with E-state index in [1.54, 1.807) is 22.7 Å². The molecule has 2 aromatic heterocycles. The number of halogens is 1. The molecule has 2 heterocycles. The van der Waals surface area contributed by atoms with Crippen LogP contribution in [-0.4, -0.2) is 9.38 Å². The van der Waals surface area contributed by atoms with Gasteiger partial charge in [0.15, 0.2) is 0 Å². The average molecular weight is 308 g/mol. The van der Waals surface area contributed by atoms with Gasteiger partial charge < -0.3 is 0 Å². The van der Waals surface area contributed by atoms with Crippen molar-refractivity contribution < 1.29 is 4.39 Å². The van der Waals surface area contributed by atoms with Gasteiger partial charge in [-0.1, -0.05) is 18.6 Å². The van der Waals surface area contributed by atoms with Crippen molar-refractivity contribution in [3.05, 3.63) is 70.0 Å². The van der Waals surface area contributed by atoms with Crippen LogP contribution in [0.25, 0.3) is 16.8 Å². The number of fused-ring (bicyclic) bond motifs is 2. The monoisotopic (exact) mass is 308 g/mol. The fourth-order valence-electron chi connectivity index (χ4n) is 3.27. The minimum atomic E-state index is -0.255. The number of aromatic nitrogens is 2. The third-order valence-corrected chi connectivity index (χ3v) is 4.53. The number of hydrogen-bond donors (Lipinski definition) is 0. The first kappa shape index (κ1) is 14.1. The van der Waals surface area contributed by atoms with Crippen LogP contribution in [0.2, 0.25) is 0 Å². The zero-order chi connectivity index (χ0) is 15.8. The summed E-state index contributed by atoms with van der Waals surface area (Å²) in [4.78, 5) is 17.4. The van der Waals surface area contributed by atoms with Gasteiger partial charge in [0.25, 0.3) is 5.56 Å². The molecule has 0 saturated heterocycles. The Balaban J connectivity index is 1.89.